The van der Waals surface area contributed by atoms with Crippen molar-refractivity contribution in [1.29, 1.82) is 0 Å². The number of amides is 1. The molecule has 1 saturated heterocycles. The molecule has 1 aromatic carbocycles. The lowest BCUT2D eigenvalue weighted by atomic mass is 10.1. The van der Waals surface area contributed by atoms with E-state index in [1.165, 1.54) is 0 Å². The number of nitrogens with zero attached hydrogens (tertiary/aromatic N) is 3. The van der Waals surface area contributed by atoms with Gasteiger partial charge in [0.05, 0.1) is 24.2 Å². The van der Waals surface area contributed by atoms with Crippen molar-refractivity contribution in [3.8, 4) is 5.69 Å². The molecule has 1 N–H and O–H groups in total. The highest BCUT2D eigenvalue weighted by Crippen LogP contribution is 2.12. The maximum atomic E-state index is 12.1. The minimum atomic E-state index is -0.547. The van der Waals surface area contributed by atoms with Crippen LogP contribution in [0.4, 0.5) is 0 Å². The summed E-state index contributed by atoms with van der Waals surface area (Å²) in [4.78, 5) is 23.5. The van der Waals surface area contributed by atoms with Crippen molar-refractivity contribution in [3.63, 3.8) is 0 Å². The maximum Gasteiger partial charge on any atom is 0.328 e. The van der Waals surface area contributed by atoms with Crippen molar-refractivity contribution >= 4 is 11.9 Å². The van der Waals surface area contributed by atoms with Gasteiger partial charge in [0, 0.05) is 12.0 Å². The van der Waals surface area contributed by atoms with Gasteiger partial charge in [0.25, 0.3) is 5.91 Å². The molecular formula is C16H18N4O3. The first kappa shape index (κ1) is 15.2. The van der Waals surface area contributed by atoms with E-state index in [4.69, 9.17) is 4.74 Å². The van der Waals surface area contributed by atoms with Gasteiger partial charge in [-0.25, -0.2) is 9.48 Å². The third-order valence-corrected chi connectivity index (χ3v) is 3.68. The summed E-state index contributed by atoms with van der Waals surface area (Å²) in [6.07, 6.45) is 4.30. The SMILES string of the molecule is CCCc1cn(-c2ccc(C(=O)N[C@H]3CCOC3=O)cc2)nn1. The zero-order valence-corrected chi connectivity index (χ0v) is 12.9. The second kappa shape index (κ2) is 6.60. The normalized spacial score (nSPS) is 17.1. The maximum absolute atomic E-state index is 12.1. The van der Waals surface area contributed by atoms with Crippen molar-refractivity contribution in [2.45, 2.75) is 32.2 Å². The molecule has 0 radical (unpaired) electrons. The average molecular weight is 314 g/mol. The van der Waals surface area contributed by atoms with Gasteiger partial charge in [-0.3, -0.25) is 4.79 Å². The number of hydrogen-bond donors (Lipinski definition) is 1. The average Bonchev–Trinajstić information content (AvgIpc) is 3.18. The van der Waals surface area contributed by atoms with E-state index in [1.54, 1.807) is 28.9 Å². The third kappa shape index (κ3) is 3.39. The molecule has 1 aromatic heterocycles. The molecule has 1 amide bonds. The van der Waals surface area contributed by atoms with Crippen LogP contribution in [0.15, 0.2) is 30.5 Å². The molecule has 7 nitrogen and oxygen atoms in total. The molecule has 23 heavy (non-hydrogen) atoms. The minimum Gasteiger partial charge on any atom is -0.464 e. The van der Waals surface area contributed by atoms with Gasteiger partial charge < -0.3 is 10.1 Å². The molecule has 1 atom stereocenters. The van der Waals surface area contributed by atoms with Crippen LogP contribution in [0.1, 0.15) is 35.8 Å². The van der Waals surface area contributed by atoms with Gasteiger partial charge in [0.2, 0.25) is 0 Å². The Bertz CT molecular complexity index is 708. The number of benzene rings is 1. The van der Waals surface area contributed by atoms with Crippen LogP contribution < -0.4 is 5.32 Å². The van der Waals surface area contributed by atoms with Gasteiger partial charge in [-0.1, -0.05) is 18.6 Å². The number of rotatable bonds is 5. The van der Waals surface area contributed by atoms with Crippen LogP contribution in [0.5, 0.6) is 0 Å². The van der Waals surface area contributed by atoms with E-state index in [0.717, 1.165) is 24.2 Å². The summed E-state index contributed by atoms with van der Waals surface area (Å²) in [6.45, 7) is 2.45. The highest BCUT2D eigenvalue weighted by Gasteiger charge is 2.28. The van der Waals surface area contributed by atoms with Gasteiger partial charge in [0.1, 0.15) is 6.04 Å². The molecule has 1 aliphatic rings. The van der Waals surface area contributed by atoms with Crippen LogP contribution in [0.25, 0.3) is 5.69 Å². The molecular weight excluding hydrogens is 296 g/mol. The number of cyclic esters (lactones) is 1. The highest BCUT2D eigenvalue weighted by atomic mass is 16.5. The third-order valence-electron chi connectivity index (χ3n) is 3.68. The number of carbonyl (C=O) groups is 2. The number of carbonyl (C=O) groups excluding carboxylic acids is 2. The number of aryl methyl sites for hydroxylation is 1. The molecule has 1 fully saturated rings. The van der Waals surface area contributed by atoms with Gasteiger partial charge in [-0.05, 0) is 30.7 Å². The zero-order chi connectivity index (χ0) is 16.2. The minimum absolute atomic E-state index is 0.286. The molecule has 0 bridgehead atoms. The lowest BCUT2D eigenvalue weighted by molar-refractivity contribution is -0.139. The molecule has 0 aliphatic carbocycles. The number of esters is 1. The fraction of sp³-hybridized carbons (Fsp3) is 0.375. The molecule has 120 valence electrons. The van der Waals surface area contributed by atoms with Crippen LogP contribution in [-0.4, -0.2) is 39.5 Å². The predicted molar refractivity (Wildman–Crippen MR) is 82.2 cm³/mol. The predicted octanol–water partition coefficient (Wildman–Crippen LogP) is 1.27. The Balaban J connectivity index is 1.68. The Morgan fingerprint density at radius 2 is 2.17 bits per heavy atom. The first-order chi connectivity index (χ1) is 11.2. The molecule has 2 aromatic rings. The summed E-state index contributed by atoms with van der Waals surface area (Å²) >= 11 is 0. The molecule has 2 heterocycles. The Morgan fingerprint density at radius 3 is 2.83 bits per heavy atom. The monoisotopic (exact) mass is 314 g/mol. The van der Waals surface area contributed by atoms with Gasteiger partial charge in [-0.2, -0.15) is 0 Å². The topological polar surface area (TPSA) is 86.1 Å². The molecule has 3 rings (SSSR count). The zero-order valence-electron chi connectivity index (χ0n) is 12.9. The van der Waals surface area contributed by atoms with Crippen molar-refractivity contribution in [2.75, 3.05) is 6.61 Å². The molecule has 0 spiro atoms. The molecule has 7 heteroatoms. The van der Waals surface area contributed by atoms with E-state index < -0.39 is 6.04 Å². The summed E-state index contributed by atoms with van der Waals surface area (Å²) in [5.41, 5.74) is 2.26. The largest absolute Gasteiger partial charge is 0.464 e. The van der Waals surface area contributed by atoms with E-state index in [1.807, 2.05) is 6.20 Å². The second-order valence-electron chi connectivity index (χ2n) is 5.43. The van der Waals surface area contributed by atoms with Crippen molar-refractivity contribution in [3.05, 3.63) is 41.7 Å². The van der Waals surface area contributed by atoms with Crippen LogP contribution in [0.2, 0.25) is 0 Å². The molecule has 0 unspecified atom stereocenters. The summed E-state index contributed by atoms with van der Waals surface area (Å²) < 4.78 is 6.51. The quantitative estimate of drug-likeness (QED) is 0.840. The van der Waals surface area contributed by atoms with Crippen molar-refractivity contribution in [2.24, 2.45) is 0 Å². The number of aromatic nitrogens is 3. The van der Waals surface area contributed by atoms with E-state index in [9.17, 15) is 9.59 Å². The Hall–Kier alpha value is -2.70. The first-order valence-electron chi connectivity index (χ1n) is 7.66. The number of ether oxygens (including phenoxy) is 1. The summed E-state index contributed by atoms with van der Waals surface area (Å²) in [5, 5.41) is 10.9. The van der Waals surface area contributed by atoms with Crippen LogP contribution in [0.3, 0.4) is 0 Å². The molecule has 1 aliphatic heterocycles. The fourth-order valence-corrected chi connectivity index (χ4v) is 2.43. The Morgan fingerprint density at radius 1 is 1.39 bits per heavy atom. The standard InChI is InChI=1S/C16H18N4O3/c1-2-3-12-10-20(19-18-12)13-6-4-11(5-7-13)15(21)17-14-8-9-23-16(14)22/h4-7,10,14H,2-3,8-9H2,1H3,(H,17,21)/t14-/m0/s1. The van der Waals surface area contributed by atoms with Gasteiger partial charge >= 0.3 is 5.97 Å². The van der Waals surface area contributed by atoms with Gasteiger partial charge in [-0.15, -0.1) is 5.10 Å². The number of hydrogen-bond acceptors (Lipinski definition) is 5. The van der Waals surface area contributed by atoms with Crippen LogP contribution in [-0.2, 0) is 16.0 Å². The summed E-state index contributed by atoms with van der Waals surface area (Å²) in [5.74, 6) is -0.660. The highest BCUT2D eigenvalue weighted by molar-refractivity contribution is 5.97. The van der Waals surface area contributed by atoms with E-state index >= 15 is 0 Å². The van der Waals surface area contributed by atoms with E-state index in [-0.39, 0.29) is 11.9 Å². The smallest absolute Gasteiger partial charge is 0.328 e. The second-order valence-corrected chi connectivity index (χ2v) is 5.43. The summed E-state index contributed by atoms with van der Waals surface area (Å²) in [6, 6.07) is 6.45. The lowest BCUT2D eigenvalue weighted by Crippen LogP contribution is -2.37. The van der Waals surface area contributed by atoms with Gasteiger partial charge in [0.15, 0.2) is 0 Å². The lowest BCUT2D eigenvalue weighted by Gasteiger charge is -2.09. The van der Waals surface area contributed by atoms with E-state index in [2.05, 4.69) is 22.6 Å². The molecule has 0 saturated carbocycles. The number of nitrogens with one attached hydrogen (secondary N) is 1. The first-order valence-corrected chi connectivity index (χ1v) is 7.66. The van der Waals surface area contributed by atoms with Crippen LogP contribution in [0, 0.1) is 0 Å². The summed E-state index contributed by atoms with van der Waals surface area (Å²) in [7, 11) is 0. The Kier molecular flexibility index (Phi) is 4.36. The van der Waals surface area contributed by atoms with Crippen LogP contribution >= 0.6 is 0 Å². The van der Waals surface area contributed by atoms with E-state index in [0.29, 0.717) is 18.6 Å². The Labute approximate surface area is 133 Å². The fourth-order valence-electron chi connectivity index (χ4n) is 2.43. The van der Waals surface area contributed by atoms with Crippen molar-refractivity contribution in [1.82, 2.24) is 20.3 Å². The van der Waals surface area contributed by atoms with Crippen molar-refractivity contribution < 1.29 is 14.3 Å².